The highest BCUT2D eigenvalue weighted by atomic mass is 32.2. The molecular formula is C18H17F5N6OS. The predicted molar refractivity (Wildman–Crippen MR) is 103 cm³/mol. The van der Waals surface area contributed by atoms with E-state index in [1.165, 1.54) is 12.3 Å². The van der Waals surface area contributed by atoms with Gasteiger partial charge in [-0.2, -0.15) is 27.2 Å². The quantitative estimate of drug-likeness (QED) is 0.366. The molecule has 166 valence electrons. The lowest BCUT2D eigenvalue weighted by Crippen LogP contribution is -2.41. The summed E-state index contributed by atoms with van der Waals surface area (Å²) in [4.78, 5) is 21.5. The first-order valence-electron chi connectivity index (χ1n) is 9.22. The third-order valence-corrected chi connectivity index (χ3v) is 5.44. The number of allylic oxidation sites excluding steroid dienone is 2. The second-order valence-corrected chi connectivity index (χ2v) is 7.57. The van der Waals surface area contributed by atoms with Gasteiger partial charge >= 0.3 is 12.1 Å². The van der Waals surface area contributed by atoms with Gasteiger partial charge < -0.3 is 15.5 Å². The van der Waals surface area contributed by atoms with Crippen LogP contribution in [0.2, 0.25) is 0 Å². The average Bonchev–Trinajstić information content (AvgIpc) is 3.35. The van der Waals surface area contributed by atoms with Crippen molar-refractivity contribution < 1.29 is 26.7 Å². The maximum atomic E-state index is 13.5. The molecule has 0 radical (unpaired) electrons. The Bertz CT molecular complexity index is 955. The van der Waals surface area contributed by atoms with Crippen LogP contribution in [0.25, 0.3) is 5.57 Å². The van der Waals surface area contributed by atoms with Crippen LogP contribution in [0.3, 0.4) is 0 Å². The Balaban J connectivity index is 1.65. The van der Waals surface area contributed by atoms with Gasteiger partial charge in [0.2, 0.25) is 11.9 Å². The Morgan fingerprint density at radius 1 is 1.35 bits per heavy atom. The van der Waals surface area contributed by atoms with Gasteiger partial charge in [0.15, 0.2) is 0 Å². The summed E-state index contributed by atoms with van der Waals surface area (Å²) >= 11 is 0.548. The Morgan fingerprint density at radius 2 is 2.13 bits per heavy atom. The van der Waals surface area contributed by atoms with E-state index < -0.39 is 17.8 Å². The average molecular weight is 460 g/mol. The SMILES string of the molecule is N#CC(=C1NC(C(F)(F)C(F)(F)F)=CS1)c1ccnc(NCCCN2CCCC2=O)n1. The number of aromatic nitrogens is 2. The van der Waals surface area contributed by atoms with Gasteiger partial charge in [0.1, 0.15) is 17.3 Å². The van der Waals surface area contributed by atoms with Gasteiger partial charge in [-0.15, -0.1) is 0 Å². The van der Waals surface area contributed by atoms with E-state index in [0.717, 1.165) is 13.0 Å². The summed E-state index contributed by atoms with van der Waals surface area (Å²) in [7, 11) is 0. The minimum atomic E-state index is -5.76. The van der Waals surface area contributed by atoms with Crippen molar-refractivity contribution in [3.63, 3.8) is 0 Å². The summed E-state index contributed by atoms with van der Waals surface area (Å²) < 4.78 is 64.7. The molecule has 1 aromatic rings. The first-order chi connectivity index (χ1) is 14.6. The van der Waals surface area contributed by atoms with Gasteiger partial charge in [-0.3, -0.25) is 4.79 Å². The van der Waals surface area contributed by atoms with E-state index >= 15 is 0 Å². The van der Waals surface area contributed by atoms with Crippen molar-refractivity contribution in [1.29, 1.82) is 5.26 Å². The van der Waals surface area contributed by atoms with Crippen LogP contribution in [0.5, 0.6) is 0 Å². The summed E-state index contributed by atoms with van der Waals surface area (Å²) in [5.41, 5.74) is -1.48. The third kappa shape index (κ3) is 5.07. The number of likely N-dealkylation sites (tertiary alicyclic amines) is 1. The van der Waals surface area contributed by atoms with E-state index in [1.54, 1.807) is 11.0 Å². The number of carbonyl (C=O) groups excluding carboxylic acids is 1. The van der Waals surface area contributed by atoms with Crippen molar-refractivity contribution in [1.82, 2.24) is 20.2 Å². The molecule has 1 fully saturated rings. The van der Waals surface area contributed by atoms with Crippen LogP contribution in [-0.2, 0) is 4.79 Å². The second-order valence-electron chi connectivity index (χ2n) is 6.69. The molecule has 31 heavy (non-hydrogen) atoms. The molecule has 0 atom stereocenters. The molecule has 0 aliphatic carbocycles. The molecule has 0 unspecified atom stereocenters. The number of nitrogens with zero attached hydrogens (tertiary/aromatic N) is 4. The van der Waals surface area contributed by atoms with Crippen molar-refractivity contribution in [2.24, 2.45) is 0 Å². The number of nitriles is 1. The minimum absolute atomic E-state index is 0.0645. The first-order valence-corrected chi connectivity index (χ1v) is 10.1. The van der Waals surface area contributed by atoms with Crippen LogP contribution in [0, 0.1) is 11.3 Å². The lowest BCUT2D eigenvalue weighted by molar-refractivity contribution is -0.265. The lowest BCUT2D eigenvalue weighted by atomic mass is 10.2. The molecule has 2 aliphatic rings. The molecule has 13 heteroatoms. The number of amides is 1. The summed E-state index contributed by atoms with van der Waals surface area (Å²) in [5.74, 6) is -4.79. The normalized spacial score (nSPS) is 18.5. The zero-order chi connectivity index (χ0) is 22.6. The van der Waals surface area contributed by atoms with Crippen LogP contribution in [0.1, 0.15) is 25.0 Å². The van der Waals surface area contributed by atoms with Gasteiger partial charge in [-0.25, -0.2) is 9.97 Å². The predicted octanol–water partition coefficient (Wildman–Crippen LogP) is 3.47. The van der Waals surface area contributed by atoms with E-state index in [2.05, 4.69) is 15.3 Å². The van der Waals surface area contributed by atoms with E-state index in [-0.39, 0.29) is 28.2 Å². The van der Waals surface area contributed by atoms with Gasteiger partial charge in [-0.05, 0) is 18.9 Å². The van der Waals surface area contributed by atoms with Crippen LogP contribution < -0.4 is 10.6 Å². The molecule has 0 aromatic carbocycles. The monoisotopic (exact) mass is 460 g/mol. The maximum Gasteiger partial charge on any atom is 0.459 e. The number of alkyl halides is 5. The van der Waals surface area contributed by atoms with Gasteiger partial charge in [0, 0.05) is 37.7 Å². The molecule has 1 aromatic heterocycles. The molecule has 1 saturated heterocycles. The Labute approximate surface area is 178 Å². The molecule has 3 heterocycles. The van der Waals surface area contributed by atoms with Gasteiger partial charge in [0.05, 0.1) is 10.7 Å². The summed E-state index contributed by atoms with van der Waals surface area (Å²) in [6.07, 6.45) is -2.38. The topological polar surface area (TPSA) is 93.9 Å². The van der Waals surface area contributed by atoms with E-state index in [9.17, 15) is 32.0 Å². The van der Waals surface area contributed by atoms with Gasteiger partial charge in [-0.1, -0.05) is 11.8 Å². The minimum Gasteiger partial charge on any atom is -0.354 e. The highest BCUT2D eigenvalue weighted by Crippen LogP contribution is 2.45. The highest BCUT2D eigenvalue weighted by molar-refractivity contribution is 8.06. The second kappa shape index (κ2) is 9.09. The van der Waals surface area contributed by atoms with Crippen LogP contribution >= 0.6 is 11.8 Å². The molecule has 7 nitrogen and oxygen atoms in total. The number of hydrogen-bond acceptors (Lipinski definition) is 7. The van der Waals surface area contributed by atoms with Crippen molar-refractivity contribution in [2.45, 2.75) is 31.4 Å². The van der Waals surface area contributed by atoms with Gasteiger partial charge in [0.25, 0.3) is 0 Å². The molecule has 0 saturated carbocycles. The zero-order valence-corrected chi connectivity index (χ0v) is 16.8. The Hall–Kier alpha value is -2.88. The number of carbonyl (C=O) groups is 1. The largest absolute Gasteiger partial charge is 0.459 e. The summed E-state index contributed by atoms with van der Waals surface area (Å²) in [6, 6.07) is 3.13. The third-order valence-electron chi connectivity index (χ3n) is 4.55. The van der Waals surface area contributed by atoms with Crippen LogP contribution in [0.15, 0.2) is 28.4 Å². The number of halogens is 5. The number of rotatable bonds is 7. The number of hydrogen-bond donors (Lipinski definition) is 2. The van der Waals surface area contributed by atoms with E-state index in [0.29, 0.717) is 43.1 Å². The van der Waals surface area contributed by atoms with E-state index in [4.69, 9.17) is 0 Å². The molecule has 0 spiro atoms. The first kappa shape index (κ1) is 22.8. The van der Waals surface area contributed by atoms with Crippen molar-refractivity contribution in [2.75, 3.05) is 25.0 Å². The fraction of sp³-hybridized carbons (Fsp3) is 0.444. The lowest BCUT2D eigenvalue weighted by Gasteiger charge is -2.20. The molecule has 0 bridgehead atoms. The molecule has 2 aliphatic heterocycles. The van der Waals surface area contributed by atoms with Crippen molar-refractivity contribution in [3.8, 4) is 6.07 Å². The fourth-order valence-corrected chi connectivity index (χ4v) is 3.82. The smallest absolute Gasteiger partial charge is 0.354 e. The molecule has 1 amide bonds. The van der Waals surface area contributed by atoms with E-state index in [1.807, 2.05) is 5.32 Å². The van der Waals surface area contributed by atoms with Crippen LogP contribution in [-0.4, -0.2) is 52.5 Å². The summed E-state index contributed by atoms with van der Waals surface area (Å²) in [6.45, 7) is 1.77. The summed E-state index contributed by atoms with van der Waals surface area (Å²) in [5, 5.41) is 14.8. The highest BCUT2D eigenvalue weighted by Gasteiger charge is 2.61. The molecular weight excluding hydrogens is 443 g/mol. The number of anilines is 1. The Morgan fingerprint density at radius 3 is 2.77 bits per heavy atom. The van der Waals surface area contributed by atoms with Crippen molar-refractivity contribution in [3.05, 3.63) is 34.1 Å². The molecule has 2 N–H and O–H groups in total. The number of thioether (sulfide) groups is 1. The fourth-order valence-electron chi connectivity index (χ4n) is 2.94. The van der Waals surface area contributed by atoms with Crippen LogP contribution in [0.4, 0.5) is 27.9 Å². The zero-order valence-electron chi connectivity index (χ0n) is 16.0. The number of nitrogens with one attached hydrogen (secondary N) is 2. The Kier molecular flexibility index (Phi) is 6.68. The standard InChI is InChI=1S/C18H17F5N6OS/c19-17(20,18(21,22)23)13-10-31-15(28-13)11(9-24)12-4-6-26-16(27-12)25-5-2-8-29-7-1-3-14(29)30/h4,6,10,28H,1-3,5,7-8H2,(H,25,26,27). The maximum absolute atomic E-state index is 13.5. The molecule has 3 rings (SSSR count). The van der Waals surface area contributed by atoms with Crippen molar-refractivity contribution >= 4 is 29.2 Å².